The second-order valence-corrected chi connectivity index (χ2v) is 16.0. The van der Waals surface area contributed by atoms with Gasteiger partial charge >= 0.3 is 0 Å². The predicted octanol–water partition coefficient (Wildman–Crippen LogP) is 10.9. The SMILES string of the molecule is CCN(CC)c1ccc(-c2ncc3c(N4CCC(CCCC5CCN(c6nc(-c7ccc(N(CC)CC)cc7)nc7ccccc67)CC5)CC4)cccc3n2)cc1. The topological polar surface area (TPSA) is 64.5 Å². The van der Waals surface area contributed by atoms with Crippen LogP contribution in [0, 0.1) is 11.8 Å². The number of para-hydroxylation sites is 1. The molecule has 8 rings (SSSR count). The summed E-state index contributed by atoms with van der Waals surface area (Å²) in [6.45, 7) is 17.1. The van der Waals surface area contributed by atoms with Crippen molar-refractivity contribution in [3.8, 4) is 22.8 Å². The summed E-state index contributed by atoms with van der Waals surface area (Å²) in [4.78, 5) is 29.9. The molecular weight excluding hydrogens is 701 g/mol. The van der Waals surface area contributed by atoms with E-state index in [4.69, 9.17) is 19.9 Å². The molecule has 0 bridgehead atoms. The average molecular weight is 761 g/mol. The molecule has 2 aromatic heterocycles. The summed E-state index contributed by atoms with van der Waals surface area (Å²) in [5, 5.41) is 2.31. The maximum absolute atomic E-state index is 5.22. The predicted molar refractivity (Wildman–Crippen MR) is 241 cm³/mol. The Labute approximate surface area is 340 Å². The van der Waals surface area contributed by atoms with E-state index in [-0.39, 0.29) is 0 Å². The molecule has 4 heterocycles. The van der Waals surface area contributed by atoms with Gasteiger partial charge in [0.2, 0.25) is 0 Å². The van der Waals surface area contributed by atoms with E-state index < -0.39 is 0 Å². The van der Waals surface area contributed by atoms with Gasteiger partial charge in [-0.25, -0.2) is 19.9 Å². The molecule has 296 valence electrons. The third-order valence-corrected chi connectivity index (χ3v) is 12.8. The van der Waals surface area contributed by atoms with Crippen molar-refractivity contribution < 1.29 is 0 Å². The van der Waals surface area contributed by atoms with Crippen molar-refractivity contribution in [3.05, 3.63) is 97.2 Å². The molecule has 8 nitrogen and oxygen atoms in total. The summed E-state index contributed by atoms with van der Waals surface area (Å²) >= 11 is 0. The van der Waals surface area contributed by atoms with Gasteiger partial charge < -0.3 is 19.6 Å². The van der Waals surface area contributed by atoms with Crippen LogP contribution in [0.15, 0.2) is 97.2 Å². The van der Waals surface area contributed by atoms with Gasteiger partial charge in [0.05, 0.1) is 11.0 Å². The number of aromatic nitrogens is 4. The van der Waals surface area contributed by atoms with E-state index in [0.29, 0.717) is 0 Å². The van der Waals surface area contributed by atoms with Crippen LogP contribution in [0.2, 0.25) is 0 Å². The van der Waals surface area contributed by atoms with Crippen LogP contribution in [0.4, 0.5) is 22.9 Å². The number of nitrogens with zero attached hydrogens (tertiary/aromatic N) is 8. The minimum atomic E-state index is 0.791. The van der Waals surface area contributed by atoms with E-state index in [1.807, 2.05) is 6.20 Å². The summed E-state index contributed by atoms with van der Waals surface area (Å²) in [5.74, 6) is 4.30. The van der Waals surface area contributed by atoms with Crippen molar-refractivity contribution in [1.82, 2.24) is 19.9 Å². The number of hydrogen-bond acceptors (Lipinski definition) is 8. The van der Waals surface area contributed by atoms with Gasteiger partial charge in [0, 0.05) is 97.5 Å². The van der Waals surface area contributed by atoms with Gasteiger partial charge in [-0.1, -0.05) is 37.5 Å². The van der Waals surface area contributed by atoms with Crippen LogP contribution in [-0.2, 0) is 0 Å². The molecule has 8 heteroatoms. The zero-order chi connectivity index (χ0) is 39.1. The lowest BCUT2D eigenvalue weighted by molar-refractivity contribution is 0.325. The van der Waals surface area contributed by atoms with Crippen molar-refractivity contribution in [1.29, 1.82) is 0 Å². The molecule has 6 aromatic rings. The van der Waals surface area contributed by atoms with Gasteiger partial charge in [0.1, 0.15) is 5.82 Å². The normalized spacial score (nSPS) is 15.4. The summed E-state index contributed by atoms with van der Waals surface area (Å²) in [5.41, 5.74) is 7.94. The second kappa shape index (κ2) is 17.9. The maximum atomic E-state index is 5.22. The standard InChI is InChI=1S/C49H60N8/c1-5-54(6-2)40-23-19-38(20-24-40)47-50-35-43-45(51-47)17-12-18-46(43)56-31-27-36(28-32-56)13-11-14-37-29-33-57(34-30-37)49-42-15-9-10-16-44(42)52-48(53-49)39-21-25-41(26-22-39)55(7-3)8-4/h9-10,12,15-26,35-37H,5-8,11,13-14,27-34H2,1-4H3. The highest BCUT2D eigenvalue weighted by atomic mass is 15.2. The smallest absolute Gasteiger partial charge is 0.162 e. The molecular formula is C49H60N8. The number of hydrogen-bond donors (Lipinski definition) is 0. The number of fused-ring (bicyclic) bond motifs is 2. The number of benzene rings is 4. The first-order valence-electron chi connectivity index (χ1n) is 21.8. The monoisotopic (exact) mass is 760 g/mol. The van der Waals surface area contributed by atoms with Crippen LogP contribution in [-0.4, -0.2) is 72.3 Å². The molecule has 0 radical (unpaired) electrons. The summed E-state index contributed by atoms with van der Waals surface area (Å²) in [6.07, 6.45) is 11.0. The Morgan fingerprint density at radius 2 is 1.04 bits per heavy atom. The van der Waals surface area contributed by atoms with Crippen LogP contribution in [0.3, 0.4) is 0 Å². The maximum Gasteiger partial charge on any atom is 0.162 e. The summed E-state index contributed by atoms with van der Waals surface area (Å²) in [6, 6.07) is 32.5. The van der Waals surface area contributed by atoms with E-state index in [1.54, 1.807) is 0 Å². The van der Waals surface area contributed by atoms with Gasteiger partial charge in [-0.05, 0) is 138 Å². The Kier molecular flexibility index (Phi) is 12.1. The van der Waals surface area contributed by atoms with Crippen molar-refractivity contribution in [3.63, 3.8) is 0 Å². The lowest BCUT2D eigenvalue weighted by Gasteiger charge is -2.35. The average Bonchev–Trinajstić information content (AvgIpc) is 3.27. The molecule has 0 aliphatic carbocycles. The van der Waals surface area contributed by atoms with Crippen molar-refractivity contribution >= 4 is 44.7 Å². The van der Waals surface area contributed by atoms with Crippen LogP contribution in [0.25, 0.3) is 44.6 Å². The van der Waals surface area contributed by atoms with E-state index in [1.165, 1.54) is 62.0 Å². The van der Waals surface area contributed by atoms with Gasteiger partial charge in [0.15, 0.2) is 11.6 Å². The zero-order valence-electron chi connectivity index (χ0n) is 34.6. The van der Waals surface area contributed by atoms with E-state index in [0.717, 1.165) is 115 Å². The van der Waals surface area contributed by atoms with Gasteiger partial charge in [0.25, 0.3) is 0 Å². The Bertz CT molecular complexity index is 2210. The molecule has 0 amide bonds. The highest BCUT2D eigenvalue weighted by molar-refractivity contribution is 5.92. The molecule has 2 aliphatic heterocycles. The molecule has 4 aromatic carbocycles. The molecule has 57 heavy (non-hydrogen) atoms. The third kappa shape index (κ3) is 8.56. The minimum Gasteiger partial charge on any atom is -0.372 e. The van der Waals surface area contributed by atoms with E-state index >= 15 is 0 Å². The van der Waals surface area contributed by atoms with Gasteiger partial charge in [-0.3, -0.25) is 0 Å². The Hall–Kier alpha value is -5.24. The van der Waals surface area contributed by atoms with Crippen molar-refractivity contribution in [2.45, 2.75) is 72.6 Å². The van der Waals surface area contributed by atoms with Crippen molar-refractivity contribution in [2.24, 2.45) is 11.8 Å². The fraction of sp³-hybridized carbons (Fsp3) is 0.429. The van der Waals surface area contributed by atoms with Crippen LogP contribution in [0.1, 0.15) is 72.6 Å². The summed E-state index contributed by atoms with van der Waals surface area (Å²) in [7, 11) is 0. The third-order valence-electron chi connectivity index (χ3n) is 12.8. The largest absolute Gasteiger partial charge is 0.372 e. The first kappa shape index (κ1) is 38.6. The lowest BCUT2D eigenvalue weighted by Crippen LogP contribution is -2.35. The van der Waals surface area contributed by atoms with Crippen LogP contribution in [0.5, 0.6) is 0 Å². The molecule has 2 aliphatic rings. The highest BCUT2D eigenvalue weighted by Crippen LogP contribution is 2.35. The molecule has 0 N–H and O–H groups in total. The van der Waals surface area contributed by atoms with Crippen LogP contribution < -0.4 is 19.6 Å². The van der Waals surface area contributed by atoms with E-state index in [2.05, 4.69) is 138 Å². The number of anilines is 4. The minimum absolute atomic E-state index is 0.791. The Morgan fingerprint density at radius 1 is 0.526 bits per heavy atom. The van der Waals surface area contributed by atoms with Crippen LogP contribution >= 0.6 is 0 Å². The fourth-order valence-corrected chi connectivity index (χ4v) is 9.30. The van der Waals surface area contributed by atoms with Gasteiger partial charge in [-0.15, -0.1) is 0 Å². The molecule has 0 atom stereocenters. The Balaban J connectivity index is 0.831. The number of rotatable bonds is 14. The molecule has 0 spiro atoms. The lowest BCUT2D eigenvalue weighted by atomic mass is 9.86. The molecule has 0 unspecified atom stereocenters. The van der Waals surface area contributed by atoms with E-state index in [9.17, 15) is 0 Å². The Morgan fingerprint density at radius 3 is 1.63 bits per heavy atom. The summed E-state index contributed by atoms with van der Waals surface area (Å²) < 4.78 is 0. The second-order valence-electron chi connectivity index (χ2n) is 16.0. The molecule has 2 saturated heterocycles. The molecule has 0 saturated carbocycles. The van der Waals surface area contributed by atoms with Gasteiger partial charge in [-0.2, -0.15) is 0 Å². The van der Waals surface area contributed by atoms with Crippen molar-refractivity contribution in [2.75, 3.05) is 72.0 Å². The molecule has 2 fully saturated rings. The quantitative estimate of drug-likeness (QED) is 0.109. The number of piperidine rings is 2. The first-order valence-corrected chi connectivity index (χ1v) is 21.8. The highest BCUT2D eigenvalue weighted by Gasteiger charge is 2.25. The first-order chi connectivity index (χ1) is 28.0. The fourth-order valence-electron chi connectivity index (χ4n) is 9.30. The zero-order valence-corrected chi connectivity index (χ0v) is 34.6.